The third-order valence-electron chi connectivity index (χ3n) is 3.15. The molecule has 1 aromatic rings. The fourth-order valence-electron chi connectivity index (χ4n) is 1.85. The number of halogens is 1. The lowest BCUT2D eigenvalue weighted by atomic mass is 10.3. The van der Waals surface area contributed by atoms with Crippen molar-refractivity contribution in [2.75, 3.05) is 31.6 Å². The van der Waals surface area contributed by atoms with Crippen molar-refractivity contribution in [3.05, 3.63) is 24.3 Å². The van der Waals surface area contributed by atoms with Crippen molar-refractivity contribution >= 4 is 24.0 Å². The van der Waals surface area contributed by atoms with Gasteiger partial charge in [-0.25, -0.2) is 0 Å². The van der Waals surface area contributed by atoms with Crippen LogP contribution in [0.3, 0.4) is 0 Å². The minimum Gasteiger partial charge on any atom is -0.494 e. The minimum atomic E-state index is 0. The van der Waals surface area contributed by atoms with Gasteiger partial charge in [0.15, 0.2) is 0 Å². The Morgan fingerprint density at radius 2 is 1.95 bits per heavy atom. The topological polar surface area (TPSA) is 41.6 Å². The summed E-state index contributed by atoms with van der Waals surface area (Å²) >= 11 is 0. The molecule has 120 valence electrons. The molecule has 0 aliphatic carbocycles. The van der Waals surface area contributed by atoms with E-state index in [2.05, 4.69) is 31.0 Å². The number of anilines is 1. The lowest BCUT2D eigenvalue weighted by molar-refractivity contribution is -0.117. The number of rotatable bonds is 9. The van der Waals surface area contributed by atoms with Gasteiger partial charge < -0.3 is 10.1 Å². The van der Waals surface area contributed by atoms with Gasteiger partial charge in [-0.2, -0.15) is 0 Å². The molecule has 21 heavy (non-hydrogen) atoms. The Morgan fingerprint density at radius 1 is 1.24 bits per heavy atom. The number of unbranched alkanes of at least 4 members (excludes halogenated alkanes) is 1. The van der Waals surface area contributed by atoms with Gasteiger partial charge in [-0.05, 0) is 31.6 Å². The molecule has 1 rings (SSSR count). The summed E-state index contributed by atoms with van der Waals surface area (Å²) in [4.78, 5) is 14.0. The number of amides is 1. The Hall–Kier alpha value is -1.26. The fraction of sp³-hybridized carbons (Fsp3) is 0.562. The molecule has 0 radical (unpaired) electrons. The van der Waals surface area contributed by atoms with Gasteiger partial charge in [0.1, 0.15) is 5.75 Å². The molecule has 1 amide bonds. The van der Waals surface area contributed by atoms with E-state index < -0.39 is 0 Å². The molecule has 0 heterocycles. The van der Waals surface area contributed by atoms with Crippen molar-refractivity contribution < 1.29 is 9.53 Å². The summed E-state index contributed by atoms with van der Waals surface area (Å²) in [5.74, 6) is 0.818. The molecule has 0 atom stereocenters. The molecule has 0 spiro atoms. The van der Waals surface area contributed by atoms with E-state index in [0.29, 0.717) is 13.2 Å². The van der Waals surface area contributed by atoms with Gasteiger partial charge in [0, 0.05) is 11.8 Å². The second-order valence-corrected chi connectivity index (χ2v) is 4.74. The van der Waals surface area contributed by atoms with E-state index >= 15 is 0 Å². The smallest absolute Gasteiger partial charge is 0.238 e. The molecule has 5 heteroatoms. The van der Waals surface area contributed by atoms with Gasteiger partial charge in [-0.1, -0.05) is 33.3 Å². The zero-order valence-corrected chi connectivity index (χ0v) is 14.0. The van der Waals surface area contributed by atoms with Crippen molar-refractivity contribution in [3.63, 3.8) is 0 Å². The standard InChI is InChI=1S/C16H26N2O2.ClH/c1-4-7-11-20-15-10-8-9-14(12-15)17-16(19)13-18(5-2)6-3;/h8-10,12H,4-7,11,13H2,1-3H3,(H,17,19);1H. The van der Waals surface area contributed by atoms with Gasteiger partial charge in [-0.3, -0.25) is 9.69 Å². The molecular formula is C16H27ClN2O2. The van der Waals surface area contributed by atoms with Crippen LogP contribution in [0.1, 0.15) is 33.6 Å². The molecule has 0 bridgehead atoms. The maximum Gasteiger partial charge on any atom is 0.238 e. The number of carbonyl (C=O) groups excluding carboxylic acids is 1. The summed E-state index contributed by atoms with van der Waals surface area (Å²) in [5.41, 5.74) is 0.788. The van der Waals surface area contributed by atoms with Crippen LogP contribution in [0.15, 0.2) is 24.3 Å². The van der Waals surface area contributed by atoms with Crippen molar-refractivity contribution in [3.8, 4) is 5.75 Å². The normalized spacial score (nSPS) is 10.1. The van der Waals surface area contributed by atoms with Crippen LogP contribution in [0.4, 0.5) is 5.69 Å². The molecule has 1 aromatic carbocycles. The van der Waals surface area contributed by atoms with Crippen LogP contribution >= 0.6 is 12.4 Å². The van der Waals surface area contributed by atoms with Crippen molar-refractivity contribution in [2.24, 2.45) is 0 Å². The van der Waals surface area contributed by atoms with Crippen molar-refractivity contribution in [1.82, 2.24) is 4.90 Å². The summed E-state index contributed by atoms with van der Waals surface area (Å²) in [6.45, 7) is 9.14. The third kappa shape index (κ3) is 7.93. The molecule has 0 unspecified atom stereocenters. The largest absolute Gasteiger partial charge is 0.494 e. The molecule has 0 aliphatic heterocycles. The van der Waals surface area contributed by atoms with Gasteiger partial charge in [0.25, 0.3) is 0 Å². The zero-order valence-electron chi connectivity index (χ0n) is 13.2. The second kappa shape index (κ2) is 11.4. The number of hydrogen-bond donors (Lipinski definition) is 1. The first-order chi connectivity index (χ1) is 9.69. The van der Waals surface area contributed by atoms with Crippen LogP contribution in [0.5, 0.6) is 5.75 Å². The highest BCUT2D eigenvalue weighted by atomic mass is 35.5. The highest BCUT2D eigenvalue weighted by Gasteiger charge is 2.07. The first-order valence-corrected chi connectivity index (χ1v) is 7.44. The predicted molar refractivity (Wildman–Crippen MR) is 90.5 cm³/mol. The summed E-state index contributed by atoms with van der Waals surface area (Å²) in [6, 6.07) is 7.56. The Morgan fingerprint density at radius 3 is 2.57 bits per heavy atom. The first-order valence-electron chi connectivity index (χ1n) is 7.44. The SMILES string of the molecule is CCCCOc1cccc(NC(=O)CN(CC)CC)c1.Cl. The quantitative estimate of drug-likeness (QED) is 0.708. The average molecular weight is 315 g/mol. The molecule has 1 N–H and O–H groups in total. The summed E-state index contributed by atoms with van der Waals surface area (Å²) in [7, 11) is 0. The number of nitrogens with one attached hydrogen (secondary N) is 1. The number of carbonyl (C=O) groups is 1. The summed E-state index contributed by atoms with van der Waals surface area (Å²) in [6.07, 6.45) is 2.15. The predicted octanol–water partition coefficient (Wildman–Crippen LogP) is 3.57. The Labute approximate surface area is 134 Å². The molecule has 0 aromatic heterocycles. The van der Waals surface area contributed by atoms with Crippen LogP contribution in [-0.4, -0.2) is 37.0 Å². The Kier molecular flexibility index (Phi) is 10.7. The molecule has 0 aliphatic rings. The molecular weight excluding hydrogens is 288 g/mol. The van der Waals surface area contributed by atoms with Crippen LogP contribution < -0.4 is 10.1 Å². The van der Waals surface area contributed by atoms with Gasteiger partial charge in [0.2, 0.25) is 5.91 Å². The zero-order chi connectivity index (χ0) is 14.8. The molecule has 4 nitrogen and oxygen atoms in total. The summed E-state index contributed by atoms with van der Waals surface area (Å²) < 4.78 is 5.63. The van der Waals surface area contributed by atoms with E-state index in [1.165, 1.54) is 0 Å². The van der Waals surface area contributed by atoms with Crippen LogP contribution in [0, 0.1) is 0 Å². The van der Waals surface area contributed by atoms with E-state index in [0.717, 1.165) is 37.4 Å². The van der Waals surface area contributed by atoms with E-state index in [-0.39, 0.29) is 18.3 Å². The van der Waals surface area contributed by atoms with Crippen molar-refractivity contribution in [1.29, 1.82) is 0 Å². The Bertz CT molecular complexity index is 409. The summed E-state index contributed by atoms with van der Waals surface area (Å²) in [5, 5.41) is 2.91. The highest BCUT2D eigenvalue weighted by molar-refractivity contribution is 5.92. The molecule has 0 saturated heterocycles. The average Bonchev–Trinajstić information content (AvgIpc) is 2.45. The van der Waals surface area contributed by atoms with Crippen LogP contribution in [0.2, 0.25) is 0 Å². The van der Waals surface area contributed by atoms with Crippen LogP contribution in [-0.2, 0) is 4.79 Å². The minimum absolute atomic E-state index is 0. The number of benzene rings is 1. The molecule has 0 saturated carbocycles. The Balaban J connectivity index is 0.00000400. The maximum absolute atomic E-state index is 11.9. The number of nitrogens with zero attached hydrogens (tertiary/aromatic N) is 1. The van der Waals surface area contributed by atoms with Gasteiger partial charge >= 0.3 is 0 Å². The number of hydrogen-bond acceptors (Lipinski definition) is 3. The van der Waals surface area contributed by atoms with E-state index in [1.54, 1.807) is 0 Å². The monoisotopic (exact) mass is 314 g/mol. The van der Waals surface area contributed by atoms with E-state index in [9.17, 15) is 4.79 Å². The second-order valence-electron chi connectivity index (χ2n) is 4.74. The van der Waals surface area contributed by atoms with Crippen molar-refractivity contribution in [2.45, 2.75) is 33.6 Å². The highest BCUT2D eigenvalue weighted by Crippen LogP contribution is 2.17. The lowest BCUT2D eigenvalue weighted by Crippen LogP contribution is -2.32. The number of likely N-dealkylation sites (N-methyl/N-ethyl adjacent to an activating group) is 1. The fourth-order valence-corrected chi connectivity index (χ4v) is 1.85. The van der Waals surface area contributed by atoms with Gasteiger partial charge in [0.05, 0.1) is 13.2 Å². The van der Waals surface area contributed by atoms with E-state index in [4.69, 9.17) is 4.74 Å². The van der Waals surface area contributed by atoms with Crippen LogP contribution in [0.25, 0.3) is 0 Å². The maximum atomic E-state index is 11.9. The third-order valence-corrected chi connectivity index (χ3v) is 3.15. The lowest BCUT2D eigenvalue weighted by Gasteiger charge is -2.17. The molecule has 0 fully saturated rings. The number of ether oxygens (including phenoxy) is 1. The first kappa shape index (κ1) is 19.7. The van der Waals surface area contributed by atoms with Gasteiger partial charge in [-0.15, -0.1) is 12.4 Å². The van der Waals surface area contributed by atoms with E-state index in [1.807, 2.05) is 24.3 Å².